The van der Waals surface area contributed by atoms with Crippen LogP contribution in [-0.2, 0) is 6.54 Å². The molecule has 1 rings (SSSR count). The highest BCUT2D eigenvalue weighted by Gasteiger charge is 2.02. The standard InChI is InChI=1S/C13H21NO2.ClH/c1-10(2)12-5-3-4-11(6-12)7-14-8-13(16)9-15;/h3-6,10,13-16H,7-9H2,1-2H3;1H. The predicted octanol–water partition coefficient (Wildman–Crippen LogP) is 1.67. The zero-order valence-corrected chi connectivity index (χ0v) is 11.2. The van der Waals surface area contributed by atoms with Gasteiger partial charge >= 0.3 is 0 Å². The van der Waals surface area contributed by atoms with Gasteiger partial charge in [-0.25, -0.2) is 0 Å². The van der Waals surface area contributed by atoms with Gasteiger partial charge in [0.15, 0.2) is 0 Å². The van der Waals surface area contributed by atoms with E-state index in [1.807, 2.05) is 0 Å². The quantitative estimate of drug-likeness (QED) is 0.729. The van der Waals surface area contributed by atoms with Crippen LogP contribution in [-0.4, -0.2) is 29.5 Å². The molecule has 3 nitrogen and oxygen atoms in total. The van der Waals surface area contributed by atoms with E-state index in [-0.39, 0.29) is 19.0 Å². The Bertz CT molecular complexity index is 318. The zero-order valence-electron chi connectivity index (χ0n) is 10.4. The molecule has 4 heteroatoms. The lowest BCUT2D eigenvalue weighted by Gasteiger charge is -2.11. The first-order valence-electron chi connectivity index (χ1n) is 5.72. The Kier molecular flexibility index (Phi) is 8.17. The van der Waals surface area contributed by atoms with Gasteiger partial charge in [0.05, 0.1) is 12.7 Å². The van der Waals surface area contributed by atoms with E-state index in [4.69, 9.17) is 10.2 Å². The van der Waals surface area contributed by atoms with Gasteiger partial charge in [0, 0.05) is 13.1 Å². The lowest BCUT2D eigenvalue weighted by molar-refractivity contribution is 0.0942. The van der Waals surface area contributed by atoms with Crippen LogP contribution in [0.15, 0.2) is 24.3 Å². The molecule has 0 fully saturated rings. The first-order chi connectivity index (χ1) is 7.63. The van der Waals surface area contributed by atoms with Gasteiger partial charge in [0.25, 0.3) is 0 Å². The molecule has 1 unspecified atom stereocenters. The van der Waals surface area contributed by atoms with Crippen molar-refractivity contribution in [3.8, 4) is 0 Å². The van der Waals surface area contributed by atoms with Crippen LogP contribution in [0.25, 0.3) is 0 Å². The highest BCUT2D eigenvalue weighted by Crippen LogP contribution is 2.15. The molecule has 3 N–H and O–H groups in total. The van der Waals surface area contributed by atoms with Crippen molar-refractivity contribution in [1.82, 2.24) is 5.32 Å². The smallest absolute Gasteiger partial charge is 0.0895 e. The van der Waals surface area contributed by atoms with Crippen molar-refractivity contribution in [1.29, 1.82) is 0 Å². The molecule has 0 saturated carbocycles. The number of benzene rings is 1. The number of aliphatic hydroxyl groups excluding tert-OH is 2. The first kappa shape index (κ1) is 16.4. The summed E-state index contributed by atoms with van der Waals surface area (Å²) in [7, 11) is 0. The lowest BCUT2D eigenvalue weighted by atomic mass is 10.0. The molecule has 0 amide bonds. The molecule has 1 aromatic carbocycles. The number of aliphatic hydroxyl groups is 2. The summed E-state index contributed by atoms with van der Waals surface area (Å²) in [5, 5.41) is 20.9. The molecular weight excluding hydrogens is 238 g/mol. The SMILES string of the molecule is CC(C)c1cccc(CNCC(O)CO)c1.Cl. The summed E-state index contributed by atoms with van der Waals surface area (Å²) in [4.78, 5) is 0. The fraction of sp³-hybridized carbons (Fsp3) is 0.538. The lowest BCUT2D eigenvalue weighted by Crippen LogP contribution is -2.28. The van der Waals surface area contributed by atoms with Crippen molar-refractivity contribution in [2.24, 2.45) is 0 Å². The van der Waals surface area contributed by atoms with Crippen LogP contribution in [0.5, 0.6) is 0 Å². The van der Waals surface area contributed by atoms with Crippen molar-refractivity contribution in [2.75, 3.05) is 13.2 Å². The third-order valence-electron chi connectivity index (χ3n) is 2.54. The Morgan fingerprint density at radius 1 is 1.29 bits per heavy atom. The Morgan fingerprint density at radius 2 is 2.00 bits per heavy atom. The van der Waals surface area contributed by atoms with E-state index < -0.39 is 6.10 Å². The van der Waals surface area contributed by atoms with E-state index >= 15 is 0 Å². The molecule has 0 aliphatic carbocycles. The van der Waals surface area contributed by atoms with E-state index in [1.165, 1.54) is 11.1 Å². The molecule has 0 radical (unpaired) electrons. The number of nitrogens with one attached hydrogen (secondary N) is 1. The van der Waals surface area contributed by atoms with Crippen LogP contribution in [0.2, 0.25) is 0 Å². The zero-order chi connectivity index (χ0) is 12.0. The average Bonchev–Trinajstić information content (AvgIpc) is 2.29. The highest BCUT2D eigenvalue weighted by atomic mass is 35.5. The van der Waals surface area contributed by atoms with Crippen LogP contribution in [0.3, 0.4) is 0 Å². The third-order valence-corrected chi connectivity index (χ3v) is 2.54. The second-order valence-corrected chi connectivity index (χ2v) is 4.37. The summed E-state index contributed by atoms with van der Waals surface area (Å²) in [5.74, 6) is 0.531. The van der Waals surface area contributed by atoms with Crippen LogP contribution in [0, 0.1) is 0 Å². The second-order valence-electron chi connectivity index (χ2n) is 4.37. The first-order valence-corrected chi connectivity index (χ1v) is 5.72. The number of rotatable bonds is 6. The van der Waals surface area contributed by atoms with Crippen molar-refractivity contribution < 1.29 is 10.2 Å². The largest absolute Gasteiger partial charge is 0.394 e. The Balaban J connectivity index is 0.00000256. The fourth-order valence-corrected chi connectivity index (χ4v) is 1.51. The molecule has 1 aromatic rings. The third kappa shape index (κ3) is 6.03. The summed E-state index contributed by atoms with van der Waals surface area (Å²) < 4.78 is 0. The summed E-state index contributed by atoms with van der Waals surface area (Å²) in [5.41, 5.74) is 2.53. The summed E-state index contributed by atoms with van der Waals surface area (Å²) in [6.45, 7) is 5.28. The van der Waals surface area contributed by atoms with E-state index in [9.17, 15) is 0 Å². The average molecular weight is 260 g/mol. The maximum Gasteiger partial charge on any atom is 0.0895 e. The summed E-state index contributed by atoms with van der Waals surface area (Å²) in [6, 6.07) is 8.40. The molecule has 17 heavy (non-hydrogen) atoms. The van der Waals surface area contributed by atoms with E-state index in [0.29, 0.717) is 12.5 Å². The maximum atomic E-state index is 9.17. The van der Waals surface area contributed by atoms with Gasteiger partial charge in [-0.3, -0.25) is 0 Å². The minimum atomic E-state index is -0.673. The van der Waals surface area contributed by atoms with Gasteiger partial charge in [0.2, 0.25) is 0 Å². The maximum absolute atomic E-state index is 9.17. The van der Waals surface area contributed by atoms with Gasteiger partial charge < -0.3 is 15.5 Å². The Morgan fingerprint density at radius 3 is 2.59 bits per heavy atom. The van der Waals surface area contributed by atoms with E-state index in [2.05, 4.69) is 43.4 Å². The van der Waals surface area contributed by atoms with Gasteiger partial charge in [-0.15, -0.1) is 12.4 Å². The molecular formula is C13H22ClNO2. The monoisotopic (exact) mass is 259 g/mol. The normalized spacial score (nSPS) is 12.3. The molecule has 0 saturated heterocycles. The molecule has 98 valence electrons. The molecule has 0 spiro atoms. The fourth-order valence-electron chi connectivity index (χ4n) is 1.51. The predicted molar refractivity (Wildman–Crippen MR) is 72.6 cm³/mol. The number of halogens is 1. The Hall–Kier alpha value is -0.610. The minimum Gasteiger partial charge on any atom is -0.394 e. The van der Waals surface area contributed by atoms with E-state index in [1.54, 1.807) is 0 Å². The van der Waals surface area contributed by atoms with E-state index in [0.717, 1.165) is 6.54 Å². The molecule has 0 aromatic heterocycles. The molecule has 0 bridgehead atoms. The van der Waals surface area contributed by atoms with Crippen LogP contribution in [0.4, 0.5) is 0 Å². The number of hydrogen-bond acceptors (Lipinski definition) is 3. The summed E-state index contributed by atoms with van der Waals surface area (Å²) >= 11 is 0. The molecule has 0 aliphatic rings. The van der Waals surface area contributed by atoms with Gasteiger partial charge in [-0.05, 0) is 17.0 Å². The summed E-state index contributed by atoms with van der Waals surface area (Å²) in [6.07, 6.45) is -0.673. The van der Waals surface area contributed by atoms with Crippen molar-refractivity contribution in [2.45, 2.75) is 32.4 Å². The Labute approximate surface area is 109 Å². The van der Waals surface area contributed by atoms with Crippen molar-refractivity contribution in [3.05, 3.63) is 35.4 Å². The van der Waals surface area contributed by atoms with Crippen LogP contribution < -0.4 is 5.32 Å². The second kappa shape index (κ2) is 8.48. The minimum absolute atomic E-state index is 0. The van der Waals surface area contributed by atoms with Crippen molar-refractivity contribution >= 4 is 12.4 Å². The topological polar surface area (TPSA) is 52.5 Å². The molecule has 1 atom stereocenters. The van der Waals surface area contributed by atoms with Crippen LogP contribution >= 0.6 is 12.4 Å². The van der Waals surface area contributed by atoms with Gasteiger partial charge in [-0.2, -0.15) is 0 Å². The van der Waals surface area contributed by atoms with Gasteiger partial charge in [0.1, 0.15) is 0 Å². The highest BCUT2D eigenvalue weighted by molar-refractivity contribution is 5.85. The number of hydrogen-bond donors (Lipinski definition) is 3. The molecule has 0 aliphatic heterocycles. The molecule has 0 heterocycles. The van der Waals surface area contributed by atoms with Crippen LogP contribution in [0.1, 0.15) is 30.9 Å². The van der Waals surface area contributed by atoms with Crippen molar-refractivity contribution in [3.63, 3.8) is 0 Å². The van der Waals surface area contributed by atoms with Gasteiger partial charge in [-0.1, -0.05) is 38.1 Å².